The second-order valence-electron chi connectivity index (χ2n) is 11.3. The summed E-state index contributed by atoms with van der Waals surface area (Å²) in [6.07, 6.45) is 11.5. The minimum atomic E-state index is -0.480. The number of aliphatic hydroxyl groups excluding tert-OH is 1. The first-order valence-electron chi connectivity index (χ1n) is 12.6. The van der Waals surface area contributed by atoms with Crippen LogP contribution in [0.1, 0.15) is 91.4 Å². The van der Waals surface area contributed by atoms with Gasteiger partial charge in [-0.2, -0.15) is 0 Å². The van der Waals surface area contributed by atoms with Crippen molar-refractivity contribution < 1.29 is 14.7 Å². The smallest absolute Gasteiger partial charge is 0.223 e. The fraction of sp³-hybridized carbons (Fsp3) is 0.920. The molecule has 2 amide bonds. The van der Waals surface area contributed by atoms with E-state index < -0.39 is 6.10 Å². The molecular formula is C25H42N2O3. The summed E-state index contributed by atoms with van der Waals surface area (Å²) in [5.41, 5.74) is 0.107. The van der Waals surface area contributed by atoms with E-state index in [1.165, 1.54) is 19.3 Å². The summed E-state index contributed by atoms with van der Waals surface area (Å²) >= 11 is 0. The third-order valence-electron chi connectivity index (χ3n) is 9.17. The molecule has 0 aromatic carbocycles. The fourth-order valence-corrected chi connectivity index (χ4v) is 6.92. The molecule has 30 heavy (non-hydrogen) atoms. The molecule has 0 aromatic heterocycles. The van der Waals surface area contributed by atoms with Gasteiger partial charge in [-0.3, -0.25) is 9.59 Å². The molecule has 4 aliphatic carbocycles. The number of aliphatic hydroxyl groups is 1. The average Bonchev–Trinajstić information content (AvgIpc) is 3.56. The van der Waals surface area contributed by atoms with Crippen LogP contribution in [0.3, 0.4) is 0 Å². The van der Waals surface area contributed by atoms with Gasteiger partial charge in [-0.25, -0.2) is 0 Å². The summed E-state index contributed by atoms with van der Waals surface area (Å²) in [5.74, 6) is 0.761. The molecule has 0 heterocycles. The van der Waals surface area contributed by atoms with E-state index in [9.17, 15) is 14.7 Å². The van der Waals surface area contributed by atoms with Crippen LogP contribution in [0.4, 0.5) is 0 Å². The molecule has 0 radical (unpaired) electrons. The number of nitrogens with one attached hydrogen (secondary N) is 2. The first-order valence-corrected chi connectivity index (χ1v) is 12.6. The van der Waals surface area contributed by atoms with Crippen LogP contribution in [0, 0.1) is 35.0 Å². The van der Waals surface area contributed by atoms with Crippen molar-refractivity contribution >= 4 is 11.8 Å². The number of carbonyl (C=O) groups excluding carboxylic acids is 2. The number of rotatable bonds is 5. The molecule has 0 spiro atoms. The van der Waals surface area contributed by atoms with Crippen LogP contribution in [-0.4, -0.2) is 35.1 Å². The van der Waals surface area contributed by atoms with Gasteiger partial charge in [0.05, 0.1) is 6.10 Å². The Labute approximate surface area is 182 Å². The predicted octanol–water partition coefficient (Wildman–Crippen LogP) is 3.79. The Hall–Kier alpha value is -1.10. The molecule has 0 bridgehead atoms. The Morgan fingerprint density at radius 2 is 1.63 bits per heavy atom. The molecule has 3 N–H and O–H groups in total. The minimum Gasteiger partial charge on any atom is -0.392 e. The first kappa shape index (κ1) is 22.1. The second kappa shape index (κ2) is 8.80. The molecule has 4 fully saturated rings. The van der Waals surface area contributed by atoms with Gasteiger partial charge >= 0.3 is 0 Å². The zero-order valence-corrected chi connectivity index (χ0v) is 19.2. The fourth-order valence-electron chi connectivity index (χ4n) is 6.92. The first-order chi connectivity index (χ1) is 14.3. The van der Waals surface area contributed by atoms with E-state index in [1.807, 2.05) is 6.92 Å². The highest BCUT2D eigenvalue weighted by Gasteiger charge is 2.54. The normalized spacial score (nSPS) is 40.9. The summed E-state index contributed by atoms with van der Waals surface area (Å²) in [4.78, 5) is 25.4. The number of amides is 2. The van der Waals surface area contributed by atoms with E-state index >= 15 is 0 Å². The lowest BCUT2D eigenvalue weighted by molar-refractivity contribution is -0.144. The molecular weight excluding hydrogens is 376 g/mol. The van der Waals surface area contributed by atoms with Gasteiger partial charge in [-0.15, -0.1) is 0 Å². The van der Waals surface area contributed by atoms with Crippen LogP contribution in [0.5, 0.6) is 0 Å². The van der Waals surface area contributed by atoms with Crippen LogP contribution in [-0.2, 0) is 9.59 Å². The summed E-state index contributed by atoms with van der Waals surface area (Å²) in [6, 6.07) is 0.464. The molecule has 5 heteroatoms. The SMILES string of the molecule is C[C@H]1[C@@H]2[C@@H](O)[C@@H]([C@H](C)C(=O)NC3CCCCC3)CC[C@@]2(C)CC[C@@H]1NC(=O)C1CC1. The van der Waals surface area contributed by atoms with Crippen molar-refractivity contribution in [1.82, 2.24) is 10.6 Å². The van der Waals surface area contributed by atoms with Crippen molar-refractivity contribution in [3.63, 3.8) is 0 Å². The van der Waals surface area contributed by atoms with E-state index in [2.05, 4.69) is 24.5 Å². The van der Waals surface area contributed by atoms with Gasteiger partial charge in [-0.05, 0) is 74.5 Å². The highest BCUT2D eigenvalue weighted by atomic mass is 16.3. The topological polar surface area (TPSA) is 78.4 Å². The zero-order valence-electron chi connectivity index (χ0n) is 19.2. The van der Waals surface area contributed by atoms with Gasteiger partial charge in [0.2, 0.25) is 11.8 Å². The van der Waals surface area contributed by atoms with Crippen molar-refractivity contribution in [2.45, 2.75) is 110 Å². The standard InChI is InChI=1S/C25H42N2O3/c1-15(23(29)26-18-7-5-4-6-8-18)19-11-13-25(3)14-12-20(16(2)21(25)22(19)28)27-24(30)17-9-10-17/h15-22,28H,4-14H2,1-3H3,(H,26,29)(H,27,30)/t15-,16+,19+,20-,21+,22-,25-/m0/s1. The quantitative estimate of drug-likeness (QED) is 0.636. The molecule has 0 saturated heterocycles. The highest BCUT2D eigenvalue weighted by molar-refractivity contribution is 5.81. The van der Waals surface area contributed by atoms with Gasteiger partial charge in [0.15, 0.2) is 0 Å². The second-order valence-corrected chi connectivity index (χ2v) is 11.3. The number of hydrogen-bond donors (Lipinski definition) is 3. The Balaban J connectivity index is 1.41. The Bertz CT molecular complexity index is 642. The lowest BCUT2D eigenvalue weighted by Gasteiger charge is -2.56. The lowest BCUT2D eigenvalue weighted by atomic mass is 9.51. The molecule has 170 valence electrons. The maximum Gasteiger partial charge on any atom is 0.223 e. The van der Waals surface area contributed by atoms with Crippen LogP contribution >= 0.6 is 0 Å². The monoisotopic (exact) mass is 418 g/mol. The molecule has 4 rings (SSSR count). The van der Waals surface area contributed by atoms with E-state index in [4.69, 9.17) is 0 Å². The van der Waals surface area contributed by atoms with E-state index in [0.29, 0.717) is 6.04 Å². The number of hydrogen-bond acceptors (Lipinski definition) is 3. The van der Waals surface area contributed by atoms with Gasteiger partial charge in [-0.1, -0.05) is 40.0 Å². The van der Waals surface area contributed by atoms with Gasteiger partial charge < -0.3 is 15.7 Å². The third-order valence-corrected chi connectivity index (χ3v) is 9.17. The molecule has 4 saturated carbocycles. The van der Waals surface area contributed by atoms with Gasteiger partial charge in [0.1, 0.15) is 0 Å². The van der Waals surface area contributed by atoms with E-state index in [1.54, 1.807) is 0 Å². The van der Waals surface area contributed by atoms with Crippen LogP contribution in [0.25, 0.3) is 0 Å². The van der Waals surface area contributed by atoms with Gasteiger partial charge in [0.25, 0.3) is 0 Å². The average molecular weight is 419 g/mol. The summed E-state index contributed by atoms with van der Waals surface area (Å²) in [5, 5.41) is 18.1. The van der Waals surface area contributed by atoms with Crippen molar-refractivity contribution in [2.24, 2.45) is 35.0 Å². The lowest BCUT2D eigenvalue weighted by Crippen LogP contribution is -2.59. The van der Waals surface area contributed by atoms with Crippen LogP contribution < -0.4 is 10.6 Å². The van der Waals surface area contributed by atoms with Gasteiger partial charge in [0, 0.05) is 23.9 Å². The van der Waals surface area contributed by atoms with Crippen molar-refractivity contribution in [3.05, 3.63) is 0 Å². The molecule has 0 unspecified atom stereocenters. The van der Waals surface area contributed by atoms with Crippen molar-refractivity contribution in [3.8, 4) is 0 Å². The minimum absolute atomic E-state index is 0.00648. The zero-order chi connectivity index (χ0) is 21.5. The molecule has 0 aliphatic heterocycles. The van der Waals surface area contributed by atoms with Crippen molar-refractivity contribution in [2.75, 3.05) is 0 Å². The van der Waals surface area contributed by atoms with Crippen LogP contribution in [0.15, 0.2) is 0 Å². The molecule has 0 aromatic rings. The molecule has 4 aliphatic rings. The van der Waals surface area contributed by atoms with Crippen LogP contribution in [0.2, 0.25) is 0 Å². The maximum atomic E-state index is 13.0. The Morgan fingerprint density at radius 3 is 2.30 bits per heavy atom. The number of fused-ring (bicyclic) bond motifs is 1. The molecule has 7 atom stereocenters. The summed E-state index contributed by atoms with van der Waals surface area (Å²) in [6.45, 7) is 6.53. The Morgan fingerprint density at radius 1 is 0.967 bits per heavy atom. The van der Waals surface area contributed by atoms with Crippen molar-refractivity contribution in [1.29, 1.82) is 0 Å². The highest BCUT2D eigenvalue weighted by Crippen LogP contribution is 2.55. The summed E-state index contributed by atoms with van der Waals surface area (Å²) in [7, 11) is 0. The van der Waals surface area contributed by atoms with E-state index in [0.717, 1.165) is 51.4 Å². The third kappa shape index (κ3) is 4.42. The largest absolute Gasteiger partial charge is 0.392 e. The summed E-state index contributed by atoms with van der Waals surface area (Å²) < 4.78 is 0. The Kier molecular flexibility index (Phi) is 6.48. The van der Waals surface area contributed by atoms with E-state index in [-0.39, 0.29) is 52.9 Å². The molecule has 5 nitrogen and oxygen atoms in total. The maximum absolute atomic E-state index is 13.0. The predicted molar refractivity (Wildman–Crippen MR) is 118 cm³/mol. The number of carbonyl (C=O) groups is 2.